The lowest BCUT2D eigenvalue weighted by Gasteiger charge is -2.05. The summed E-state index contributed by atoms with van der Waals surface area (Å²) in [6.45, 7) is 2.90. The van der Waals surface area contributed by atoms with E-state index in [2.05, 4.69) is 19.8 Å². The average Bonchev–Trinajstić information content (AvgIpc) is 3.03. The standard InChI is InChI=1S/C12H10N4O5S/c1-7-10(8(2)20-14-7)22(18,19)16-11(15-21-12(16)17)9-5-3-4-6-13-9/h3-6H,1-2H3. The van der Waals surface area contributed by atoms with Crippen molar-refractivity contribution in [2.45, 2.75) is 18.7 Å². The van der Waals surface area contributed by atoms with Gasteiger partial charge in [0.2, 0.25) is 5.82 Å². The Bertz CT molecular complexity index is 965. The summed E-state index contributed by atoms with van der Waals surface area (Å²) >= 11 is 0. The molecule has 3 aromatic rings. The molecule has 0 aliphatic heterocycles. The van der Waals surface area contributed by atoms with E-state index in [1.165, 1.54) is 26.1 Å². The Hall–Kier alpha value is -2.75. The fourth-order valence-corrected chi connectivity index (χ4v) is 3.61. The summed E-state index contributed by atoms with van der Waals surface area (Å²) in [4.78, 5) is 15.6. The number of aromatic nitrogens is 4. The second-order valence-electron chi connectivity index (χ2n) is 4.41. The van der Waals surface area contributed by atoms with E-state index in [-0.39, 0.29) is 27.9 Å². The zero-order valence-corrected chi connectivity index (χ0v) is 12.4. The van der Waals surface area contributed by atoms with Crippen LogP contribution in [0.4, 0.5) is 0 Å². The van der Waals surface area contributed by atoms with Gasteiger partial charge in [-0.3, -0.25) is 9.51 Å². The van der Waals surface area contributed by atoms with Gasteiger partial charge >= 0.3 is 5.76 Å². The molecular weight excluding hydrogens is 312 g/mol. The van der Waals surface area contributed by atoms with Crippen LogP contribution in [0, 0.1) is 13.8 Å². The summed E-state index contributed by atoms with van der Waals surface area (Å²) in [6, 6.07) is 4.79. The highest BCUT2D eigenvalue weighted by atomic mass is 32.2. The Labute approximate surface area is 124 Å². The van der Waals surface area contributed by atoms with Crippen LogP contribution in [0.15, 0.2) is 43.1 Å². The number of rotatable bonds is 3. The van der Waals surface area contributed by atoms with E-state index in [1.807, 2.05) is 0 Å². The minimum absolute atomic E-state index is 0.0672. The van der Waals surface area contributed by atoms with Gasteiger partial charge in [-0.05, 0) is 26.0 Å². The van der Waals surface area contributed by atoms with Crippen LogP contribution in [0.3, 0.4) is 0 Å². The van der Waals surface area contributed by atoms with Crippen molar-refractivity contribution in [2.75, 3.05) is 0 Å². The number of hydrogen-bond donors (Lipinski definition) is 0. The van der Waals surface area contributed by atoms with E-state index >= 15 is 0 Å². The van der Waals surface area contributed by atoms with Gasteiger partial charge in [0.1, 0.15) is 11.4 Å². The summed E-state index contributed by atoms with van der Waals surface area (Å²) in [5.74, 6) is -1.29. The van der Waals surface area contributed by atoms with Crippen LogP contribution in [0.2, 0.25) is 0 Å². The van der Waals surface area contributed by atoms with Crippen molar-refractivity contribution in [3.8, 4) is 11.5 Å². The molecule has 10 heteroatoms. The molecule has 0 fully saturated rings. The van der Waals surface area contributed by atoms with Crippen LogP contribution < -0.4 is 5.76 Å². The van der Waals surface area contributed by atoms with Gasteiger partial charge in [-0.2, -0.15) is 0 Å². The fraction of sp³-hybridized carbons (Fsp3) is 0.167. The molecule has 0 N–H and O–H groups in total. The van der Waals surface area contributed by atoms with E-state index in [9.17, 15) is 13.2 Å². The van der Waals surface area contributed by atoms with E-state index in [0.717, 1.165) is 0 Å². The van der Waals surface area contributed by atoms with Gasteiger partial charge in [0, 0.05) is 6.20 Å². The lowest BCUT2D eigenvalue weighted by Crippen LogP contribution is -2.25. The molecule has 3 heterocycles. The third-order valence-corrected chi connectivity index (χ3v) is 4.83. The zero-order chi connectivity index (χ0) is 15.9. The molecule has 114 valence electrons. The molecule has 0 saturated heterocycles. The molecule has 0 radical (unpaired) electrons. The van der Waals surface area contributed by atoms with Gasteiger partial charge in [-0.1, -0.05) is 16.4 Å². The molecular formula is C12H10N4O5S. The Morgan fingerprint density at radius 1 is 1.14 bits per heavy atom. The number of pyridine rings is 1. The highest BCUT2D eigenvalue weighted by Gasteiger charge is 2.32. The highest BCUT2D eigenvalue weighted by molar-refractivity contribution is 7.90. The molecule has 3 aromatic heterocycles. The Kier molecular flexibility index (Phi) is 3.17. The molecule has 0 bridgehead atoms. The Morgan fingerprint density at radius 2 is 1.91 bits per heavy atom. The van der Waals surface area contributed by atoms with Crippen molar-refractivity contribution in [3.05, 3.63) is 46.4 Å². The predicted octanol–water partition coefficient (Wildman–Crippen LogP) is 0.740. The Balaban J connectivity index is 2.30. The first-order valence-corrected chi connectivity index (χ1v) is 7.55. The van der Waals surface area contributed by atoms with Crippen LogP contribution in [0.1, 0.15) is 11.5 Å². The average molecular weight is 322 g/mol. The molecule has 0 aliphatic rings. The van der Waals surface area contributed by atoms with E-state index < -0.39 is 15.8 Å². The topological polar surface area (TPSA) is 121 Å². The van der Waals surface area contributed by atoms with E-state index in [0.29, 0.717) is 3.97 Å². The van der Waals surface area contributed by atoms with Gasteiger partial charge in [-0.25, -0.2) is 13.2 Å². The van der Waals surface area contributed by atoms with E-state index in [4.69, 9.17) is 4.52 Å². The predicted molar refractivity (Wildman–Crippen MR) is 72.6 cm³/mol. The molecule has 0 aromatic carbocycles. The first-order valence-electron chi connectivity index (χ1n) is 6.11. The fourth-order valence-electron chi connectivity index (χ4n) is 2.03. The maximum absolute atomic E-state index is 12.7. The molecule has 0 aliphatic carbocycles. The molecule has 0 atom stereocenters. The van der Waals surface area contributed by atoms with Crippen LogP contribution in [0.25, 0.3) is 11.5 Å². The molecule has 0 saturated carbocycles. The van der Waals surface area contributed by atoms with Gasteiger partial charge in [0.25, 0.3) is 10.0 Å². The third kappa shape index (κ3) is 2.04. The molecule has 0 unspecified atom stereocenters. The minimum atomic E-state index is -4.27. The second-order valence-corrected chi connectivity index (χ2v) is 6.13. The largest absolute Gasteiger partial charge is 0.456 e. The third-order valence-electron chi connectivity index (χ3n) is 2.93. The summed E-state index contributed by atoms with van der Waals surface area (Å²) < 4.78 is 35.3. The first kappa shape index (κ1) is 14.2. The quantitative estimate of drug-likeness (QED) is 0.692. The van der Waals surface area contributed by atoms with Crippen LogP contribution in [0.5, 0.6) is 0 Å². The van der Waals surface area contributed by atoms with Crippen molar-refractivity contribution in [2.24, 2.45) is 0 Å². The smallest absolute Gasteiger partial charge is 0.360 e. The zero-order valence-electron chi connectivity index (χ0n) is 11.5. The van der Waals surface area contributed by atoms with Crippen LogP contribution in [-0.4, -0.2) is 27.7 Å². The van der Waals surface area contributed by atoms with Crippen molar-refractivity contribution < 1.29 is 17.5 Å². The maximum Gasteiger partial charge on any atom is 0.456 e. The lowest BCUT2D eigenvalue weighted by molar-refractivity contribution is 0.384. The van der Waals surface area contributed by atoms with E-state index in [1.54, 1.807) is 12.1 Å². The van der Waals surface area contributed by atoms with Gasteiger partial charge in [0.05, 0.1) is 0 Å². The molecule has 0 amide bonds. The molecule has 22 heavy (non-hydrogen) atoms. The maximum atomic E-state index is 12.7. The van der Waals surface area contributed by atoms with Crippen molar-refractivity contribution in [1.29, 1.82) is 0 Å². The summed E-state index contributed by atoms with van der Waals surface area (Å²) in [6.07, 6.45) is 1.45. The monoisotopic (exact) mass is 322 g/mol. The molecule has 3 rings (SSSR count). The lowest BCUT2D eigenvalue weighted by atomic mass is 10.3. The number of hydrogen-bond acceptors (Lipinski definition) is 8. The first-order chi connectivity index (χ1) is 10.4. The highest BCUT2D eigenvalue weighted by Crippen LogP contribution is 2.24. The van der Waals surface area contributed by atoms with Crippen LogP contribution in [-0.2, 0) is 10.0 Å². The Morgan fingerprint density at radius 3 is 2.50 bits per heavy atom. The molecule has 9 nitrogen and oxygen atoms in total. The van der Waals surface area contributed by atoms with Crippen LogP contribution >= 0.6 is 0 Å². The van der Waals surface area contributed by atoms with Gasteiger partial charge in [-0.15, -0.1) is 3.97 Å². The normalized spacial score (nSPS) is 11.7. The van der Waals surface area contributed by atoms with Crippen molar-refractivity contribution >= 4 is 10.0 Å². The second kappa shape index (κ2) is 4.91. The summed E-state index contributed by atoms with van der Waals surface area (Å²) in [7, 11) is -4.27. The molecule has 0 spiro atoms. The van der Waals surface area contributed by atoms with Gasteiger partial charge < -0.3 is 4.52 Å². The summed E-state index contributed by atoms with van der Waals surface area (Å²) in [5.41, 5.74) is 0.321. The number of aryl methyl sites for hydroxylation is 2. The number of nitrogens with zero attached hydrogens (tertiary/aromatic N) is 4. The minimum Gasteiger partial charge on any atom is -0.360 e. The van der Waals surface area contributed by atoms with Crippen molar-refractivity contribution in [1.82, 2.24) is 19.3 Å². The SMILES string of the molecule is Cc1noc(C)c1S(=O)(=O)n1c(-c2ccccn2)noc1=O. The summed E-state index contributed by atoms with van der Waals surface area (Å²) in [5, 5.41) is 7.09. The van der Waals surface area contributed by atoms with Gasteiger partial charge in [0.15, 0.2) is 10.7 Å². The van der Waals surface area contributed by atoms with Crippen molar-refractivity contribution in [3.63, 3.8) is 0 Å².